The zero-order valence-corrected chi connectivity index (χ0v) is 16.9. The average Bonchev–Trinajstić information content (AvgIpc) is 3.10. The van der Waals surface area contributed by atoms with Gasteiger partial charge in [-0.1, -0.05) is 18.2 Å². The van der Waals surface area contributed by atoms with Crippen LogP contribution < -0.4 is 5.32 Å². The number of hydrogen-bond donors (Lipinski definition) is 1. The molecule has 1 saturated heterocycles. The molecule has 1 N–H and O–H groups in total. The molecule has 0 aliphatic carbocycles. The number of benzene rings is 1. The van der Waals surface area contributed by atoms with Crippen LogP contribution in [0.4, 0.5) is 0 Å². The number of halogens is 1. The molecule has 0 bridgehead atoms. The maximum Gasteiger partial charge on any atom is 0.289 e. The fourth-order valence-corrected chi connectivity index (χ4v) is 4.78. The first-order valence-electron chi connectivity index (χ1n) is 8.79. The Bertz CT molecular complexity index is 850. The van der Waals surface area contributed by atoms with E-state index in [1.54, 1.807) is 41.3 Å². The Kier molecular flexibility index (Phi) is 7.47. The van der Waals surface area contributed by atoms with Crippen LogP contribution in [0.25, 0.3) is 0 Å². The van der Waals surface area contributed by atoms with Gasteiger partial charge in [0, 0.05) is 18.7 Å². The van der Waals surface area contributed by atoms with E-state index in [4.69, 9.17) is 4.42 Å². The van der Waals surface area contributed by atoms with Crippen LogP contribution in [0.1, 0.15) is 29.0 Å². The van der Waals surface area contributed by atoms with E-state index in [1.165, 1.54) is 6.26 Å². The van der Waals surface area contributed by atoms with Gasteiger partial charge in [-0.2, -0.15) is 0 Å². The predicted molar refractivity (Wildman–Crippen MR) is 106 cm³/mol. The molecule has 6 nitrogen and oxygen atoms in total. The molecular formula is C19H25ClN2O4S. The van der Waals surface area contributed by atoms with Crippen LogP contribution in [0.3, 0.4) is 0 Å². The first-order valence-corrected chi connectivity index (χ1v) is 10.4. The molecule has 8 heteroatoms. The maximum atomic E-state index is 12.9. The highest BCUT2D eigenvalue weighted by atomic mass is 35.5. The molecule has 148 valence electrons. The fourth-order valence-electron chi connectivity index (χ4n) is 3.40. The number of nitrogens with zero attached hydrogens (tertiary/aromatic N) is 1. The standard InChI is InChI=1S/C19H24N2O4S.ClH/c1-20-12-15-6-5-10-21(13-15)19(22)18-16(9-11-25-18)14-26(23,24)17-7-3-2-4-8-17;/h2-4,7-9,11,15,20H,5-6,10,12-14H2,1H3;1H. The zero-order chi connectivity index (χ0) is 18.6. The number of hydrogen-bond acceptors (Lipinski definition) is 5. The minimum Gasteiger partial charge on any atom is -0.459 e. The third-order valence-electron chi connectivity index (χ3n) is 4.69. The number of likely N-dealkylation sites (tertiary alicyclic amines) is 1. The number of rotatable bonds is 6. The van der Waals surface area contributed by atoms with E-state index in [1.807, 2.05) is 7.05 Å². The molecule has 1 unspecified atom stereocenters. The Balaban J connectivity index is 0.00000261. The van der Waals surface area contributed by atoms with E-state index in [0.717, 1.165) is 19.4 Å². The van der Waals surface area contributed by atoms with Crippen molar-refractivity contribution in [3.8, 4) is 0 Å². The van der Waals surface area contributed by atoms with Crippen LogP contribution in [0.5, 0.6) is 0 Å². The predicted octanol–water partition coefficient (Wildman–Crippen LogP) is 2.75. The van der Waals surface area contributed by atoms with Crippen LogP contribution in [-0.2, 0) is 15.6 Å². The molecule has 1 amide bonds. The summed E-state index contributed by atoms with van der Waals surface area (Å²) >= 11 is 0. The van der Waals surface area contributed by atoms with Crippen molar-refractivity contribution >= 4 is 28.2 Å². The lowest BCUT2D eigenvalue weighted by molar-refractivity contribution is 0.0641. The number of amides is 1. The summed E-state index contributed by atoms with van der Waals surface area (Å²) in [5.41, 5.74) is 0.412. The van der Waals surface area contributed by atoms with Crippen molar-refractivity contribution in [1.82, 2.24) is 10.2 Å². The topological polar surface area (TPSA) is 79.6 Å². The van der Waals surface area contributed by atoms with Crippen molar-refractivity contribution in [2.24, 2.45) is 5.92 Å². The van der Waals surface area contributed by atoms with E-state index in [-0.39, 0.29) is 34.7 Å². The van der Waals surface area contributed by atoms with E-state index < -0.39 is 9.84 Å². The lowest BCUT2D eigenvalue weighted by Crippen LogP contribution is -2.42. The van der Waals surface area contributed by atoms with Gasteiger partial charge < -0.3 is 14.6 Å². The van der Waals surface area contributed by atoms with Crippen LogP contribution in [-0.4, -0.2) is 45.9 Å². The lowest BCUT2D eigenvalue weighted by atomic mass is 9.97. The number of carbonyl (C=O) groups is 1. The first kappa shape index (κ1) is 21.5. The highest BCUT2D eigenvalue weighted by Crippen LogP contribution is 2.23. The van der Waals surface area contributed by atoms with Gasteiger partial charge in [0.25, 0.3) is 5.91 Å². The minimum atomic E-state index is -3.53. The summed E-state index contributed by atoms with van der Waals surface area (Å²) in [5.74, 6) is 0.0652. The van der Waals surface area contributed by atoms with Crippen LogP contribution in [0.2, 0.25) is 0 Å². The summed E-state index contributed by atoms with van der Waals surface area (Å²) in [6.45, 7) is 2.19. The number of nitrogens with one attached hydrogen (secondary N) is 1. The van der Waals surface area contributed by atoms with Gasteiger partial charge in [-0.15, -0.1) is 12.4 Å². The van der Waals surface area contributed by atoms with Crippen molar-refractivity contribution in [3.63, 3.8) is 0 Å². The number of carbonyl (C=O) groups excluding carboxylic acids is 1. The van der Waals surface area contributed by atoms with Crippen molar-refractivity contribution in [1.29, 1.82) is 0 Å². The number of piperidine rings is 1. The van der Waals surface area contributed by atoms with Gasteiger partial charge in [0.05, 0.1) is 16.9 Å². The molecule has 0 saturated carbocycles. The van der Waals surface area contributed by atoms with Crippen molar-refractivity contribution in [2.45, 2.75) is 23.5 Å². The lowest BCUT2D eigenvalue weighted by Gasteiger charge is -2.32. The largest absolute Gasteiger partial charge is 0.459 e. The summed E-state index contributed by atoms with van der Waals surface area (Å²) in [6.07, 6.45) is 3.41. The molecular weight excluding hydrogens is 388 g/mol. The Morgan fingerprint density at radius 3 is 2.70 bits per heavy atom. The van der Waals surface area contributed by atoms with E-state index in [9.17, 15) is 13.2 Å². The molecule has 27 heavy (non-hydrogen) atoms. The highest BCUT2D eigenvalue weighted by Gasteiger charge is 2.29. The molecule has 1 atom stereocenters. The van der Waals surface area contributed by atoms with Crippen molar-refractivity contribution < 1.29 is 17.6 Å². The second-order valence-electron chi connectivity index (χ2n) is 6.66. The smallest absolute Gasteiger partial charge is 0.289 e. The van der Waals surface area contributed by atoms with Gasteiger partial charge in [0.1, 0.15) is 0 Å². The summed E-state index contributed by atoms with van der Waals surface area (Å²) in [4.78, 5) is 14.9. The van der Waals surface area contributed by atoms with Crippen LogP contribution in [0, 0.1) is 5.92 Å². The molecule has 0 spiro atoms. The summed E-state index contributed by atoms with van der Waals surface area (Å²) in [7, 11) is -1.63. The average molecular weight is 413 g/mol. The van der Waals surface area contributed by atoms with Crippen LogP contribution in [0.15, 0.2) is 52.0 Å². The molecule has 3 rings (SSSR count). The van der Waals surface area contributed by atoms with Gasteiger partial charge in [-0.25, -0.2) is 8.42 Å². The second-order valence-corrected chi connectivity index (χ2v) is 8.65. The Hall–Kier alpha value is -1.83. The highest BCUT2D eigenvalue weighted by molar-refractivity contribution is 7.90. The monoisotopic (exact) mass is 412 g/mol. The molecule has 2 aromatic rings. The third-order valence-corrected chi connectivity index (χ3v) is 6.37. The summed E-state index contributed by atoms with van der Waals surface area (Å²) in [5, 5.41) is 3.15. The van der Waals surface area contributed by atoms with Gasteiger partial charge in [-0.05, 0) is 50.6 Å². The van der Waals surface area contributed by atoms with Crippen molar-refractivity contribution in [2.75, 3.05) is 26.7 Å². The number of furan rings is 1. The second kappa shape index (κ2) is 9.39. The van der Waals surface area contributed by atoms with E-state index in [0.29, 0.717) is 24.6 Å². The fraction of sp³-hybridized carbons (Fsp3) is 0.421. The Morgan fingerprint density at radius 2 is 2.00 bits per heavy atom. The van der Waals surface area contributed by atoms with Gasteiger partial charge in [-0.3, -0.25) is 4.79 Å². The molecule has 1 aromatic heterocycles. The molecule has 1 fully saturated rings. The number of sulfone groups is 1. The molecule has 1 aromatic carbocycles. The van der Waals surface area contributed by atoms with Gasteiger partial charge in [0.15, 0.2) is 15.6 Å². The summed E-state index contributed by atoms with van der Waals surface area (Å²) < 4.78 is 30.6. The Labute approximate surface area is 166 Å². The first-order chi connectivity index (χ1) is 12.5. The zero-order valence-electron chi connectivity index (χ0n) is 15.3. The quantitative estimate of drug-likeness (QED) is 0.789. The Morgan fingerprint density at radius 1 is 1.26 bits per heavy atom. The molecule has 0 radical (unpaired) electrons. The molecule has 1 aliphatic rings. The maximum absolute atomic E-state index is 12.9. The minimum absolute atomic E-state index is 0. The van der Waals surface area contributed by atoms with Crippen LogP contribution >= 0.6 is 12.4 Å². The third kappa shape index (κ3) is 5.12. The van der Waals surface area contributed by atoms with E-state index in [2.05, 4.69) is 5.32 Å². The molecule has 2 heterocycles. The normalized spacial score (nSPS) is 17.4. The van der Waals surface area contributed by atoms with E-state index >= 15 is 0 Å². The van der Waals surface area contributed by atoms with Gasteiger partial charge in [0.2, 0.25) is 0 Å². The van der Waals surface area contributed by atoms with Crippen molar-refractivity contribution in [3.05, 3.63) is 54.0 Å². The molecule has 1 aliphatic heterocycles. The SMILES string of the molecule is CNCC1CCCN(C(=O)c2occc2CS(=O)(=O)c2ccccc2)C1.Cl. The van der Waals surface area contributed by atoms with Gasteiger partial charge >= 0.3 is 0 Å². The summed E-state index contributed by atoms with van der Waals surface area (Å²) in [6, 6.07) is 9.83.